The Morgan fingerprint density at radius 3 is 2.57 bits per heavy atom. The van der Waals surface area contributed by atoms with Gasteiger partial charge in [0.2, 0.25) is 0 Å². The lowest BCUT2D eigenvalue weighted by Crippen LogP contribution is -2.47. The molecule has 1 aromatic carbocycles. The zero-order valence-electron chi connectivity index (χ0n) is 13.1. The van der Waals surface area contributed by atoms with E-state index in [0.29, 0.717) is 5.92 Å². The number of benzene rings is 1. The lowest BCUT2D eigenvalue weighted by atomic mass is 9.79. The molecule has 3 rings (SSSR count). The predicted molar refractivity (Wildman–Crippen MR) is 84.9 cm³/mol. The molecule has 0 aromatic heterocycles. The van der Waals surface area contributed by atoms with E-state index in [9.17, 15) is 4.39 Å². The van der Waals surface area contributed by atoms with Gasteiger partial charge in [0.1, 0.15) is 5.82 Å². The van der Waals surface area contributed by atoms with Crippen molar-refractivity contribution in [3.8, 4) is 0 Å². The second-order valence-corrected chi connectivity index (χ2v) is 6.65. The van der Waals surface area contributed by atoms with Gasteiger partial charge in [0.15, 0.2) is 0 Å². The van der Waals surface area contributed by atoms with Crippen LogP contribution in [0.1, 0.15) is 49.3 Å². The van der Waals surface area contributed by atoms with Gasteiger partial charge in [-0.2, -0.15) is 0 Å². The highest BCUT2D eigenvalue weighted by molar-refractivity contribution is 5.28. The maximum Gasteiger partial charge on any atom is 0.128 e. The van der Waals surface area contributed by atoms with Crippen molar-refractivity contribution in [1.82, 2.24) is 10.2 Å². The third-order valence-electron chi connectivity index (χ3n) is 5.11. The van der Waals surface area contributed by atoms with Gasteiger partial charge in [-0.15, -0.1) is 0 Å². The van der Waals surface area contributed by atoms with Crippen molar-refractivity contribution in [3.05, 3.63) is 35.1 Å². The molecule has 1 aliphatic heterocycles. The monoisotopic (exact) mass is 290 g/mol. The third kappa shape index (κ3) is 3.46. The molecule has 21 heavy (non-hydrogen) atoms. The maximum atomic E-state index is 14.5. The smallest absolute Gasteiger partial charge is 0.128 e. The molecule has 1 heterocycles. The van der Waals surface area contributed by atoms with Gasteiger partial charge >= 0.3 is 0 Å². The van der Waals surface area contributed by atoms with Gasteiger partial charge in [0, 0.05) is 37.8 Å². The van der Waals surface area contributed by atoms with E-state index >= 15 is 0 Å². The van der Waals surface area contributed by atoms with Gasteiger partial charge in [0.25, 0.3) is 0 Å². The molecule has 1 aromatic rings. The molecule has 1 saturated heterocycles. The Bertz CT molecular complexity index is 444. The van der Waals surface area contributed by atoms with Gasteiger partial charge in [-0.3, -0.25) is 4.90 Å². The lowest BCUT2D eigenvalue weighted by molar-refractivity contribution is 0.101. The molecule has 0 unspecified atom stereocenters. The minimum atomic E-state index is -0.0188. The fraction of sp³-hybridized carbons (Fsp3) is 0.667. The number of aryl methyl sites for hydroxylation is 1. The molecule has 2 nitrogen and oxygen atoms in total. The van der Waals surface area contributed by atoms with E-state index < -0.39 is 0 Å². The van der Waals surface area contributed by atoms with Crippen molar-refractivity contribution in [2.24, 2.45) is 5.92 Å². The van der Waals surface area contributed by atoms with Crippen LogP contribution in [0.5, 0.6) is 0 Å². The highest BCUT2D eigenvalue weighted by atomic mass is 19.1. The lowest BCUT2D eigenvalue weighted by Gasteiger charge is -2.41. The first-order valence-electron chi connectivity index (χ1n) is 8.46. The van der Waals surface area contributed by atoms with Gasteiger partial charge < -0.3 is 5.32 Å². The zero-order valence-corrected chi connectivity index (χ0v) is 13.1. The molecule has 0 bridgehead atoms. The summed E-state index contributed by atoms with van der Waals surface area (Å²) in [7, 11) is 0. The minimum Gasteiger partial charge on any atom is -0.314 e. The molecule has 2 fully saturated rings. The minimum absolute atomic E-state index is 0.0188. The Kier molecular flexibility index (Phi) is 4.91. The summed E-state index contributed by atoms with van der Waals surface area (Å²) in [6.45, 7) is 6.19. The fourth-order valence-electron chi connectivity index (χ4n) is 4.05. The first-order chi connectivity index (χ1) is 10.3. The molecule has 0 spiro atoms. The molecular weight excluding hydrogens is 263 g/mol. The van der Waals surface area contributed by atoms with Gasteiger partial charge in [-0.25, -0.2) is 4.39 Å². The second-order valence-electron chi connectivity index (χ2n) is 6.65. The standard InChI is InChI=1S/C18H27FN2/c1-14-7-8-17(19)16(13-14)18(15-5-3-2-4-6-15)21-11-9-20-10-12-21/h7-8,13,15,18,20H,2-6,9-12H2,1H3/t18-/m1/s1. The number of halogens is 1. The van der Waals surface area contributed by atoms with Crippen LogP contribution in [0.15, 0.2) is 18.2 Å². The molecular formula is C18H27FN2. The van der Waals surface area contributed by atoms with E-state index in [2.05, 4.69) is 23.2 Å². The van der Waals surface area contributed by atoms with Crippen molar-refractivity contribution >= 4 is 0 Å². The Hall–Kier alpha value is -0.930. The van der Waals surface area contributed by atoms with Gasteiger partial charge in [-0.1, -0.05) is 37.0 Å². The van der Waals surface area contributed by atoms with Crippen LogP contribution in [-0.4, -0.2) is 31.1 Å². The molecule has 116 valence electrons. The number of hydrogen-bond donors (Lipinski definition) is 1. The average molecular weight is 290 g/mol. The van der Waals surface area contributed by atoms with E-state index in [1.165, 1.54) is 37.7 Å². The SMILES string of the molecule is Cc1ccc(F)c([C@@H](C2CCCCC2)N2CCNCC2)c1. The fourth-order valence-corrected chi connectivity index (χ4v) is 4.05. The van der Waals surface area contributed by atoms with Crippen LogP contribution >= 0.6 is 0 Å². The molecule has 0 radical (unpaired) electrons. The van der Waals surface area contributed by atoms with Crippen molar-refractivity contribution in [1.29, 1.82) is 0 Å². The number of nitrogens with zero attached hydrogens (tertiary/aromatic N) is 1. The van der Waals surface area contributed by atoms with E-state index in [-0.39, 0.29) is 11.9 Å². The van der Waals surface area contributed by atoms with Gasteiger partial charge in [0.05, 0.1) is 0 Å². The third-order valence-corrected chi connectivity index (χ3v) is 5.11. The summed E-state index contributed by atoms with van der Waals surface area (Å²) in [4.78, 5) is 2.52. The highest BCUT2D eigenvalue weighted by Crippen LogP contribution is 2.39. The Morgan fingerprint density at radius 2 is 1.86 bits per heavy atom. The largest absolute Gasteiger partial charge is 0.314 e. The molecule has 1 N–H and O–H groups in total. The molecule has 1 atom stereocenters. The highest BCUT2D eigenvalue weighted by Gasteiger charge is 2.32. The quantitative estimate of drug-likeness (QED) is 0.914. The number of piperazine rings is 1. The Morgan fingerprint density at radius 1 is 1.14 bits per heavy atom. The van der Waals surface area contributed by atoms with Crippen LogP contribution in [-0.2, 0) is 0 Å². The van der Waals surface area contributed by atoms with E-state index in [0.717, 1.165) is 31.7 Å². The van der Waals surface area contributed by atoms with Crippen LogP contribution in [0.3, 0.4) is 0 Å². The summed E-state index contributed by atoms with van der Waals surface area (Å²) >= 11 is 0. The van der Waals surface area contributed by atoms with Crippen LogP contribution in [0.2, 0.25) is 0 Å². The molecule has 1 aliphatic carbocycles. The summed E-state index contributed by atoms with van der Waals surface area (Å²) in [5, 5.41) is 3.41. The summed E-state index contributed by atoms with van der Waals surface area (Å²) in [5.41, 5.74) is 2.10. The number of hydrogen-bond acceptors (Lipinski definition) is 2. The number of nitrogens with one attached hydrogen (secondary N) is 1. The summed E-state index contributed by atoms with van der Waals surface area (Å²) in [6.07, 6.45) is 6.46. The Labute approximate surface area is 127 Å². The van der Waals surface area contributed by atoms with Crippen LogP contribution in [0, 0.1) is 18.7 Å². The van der Waals surface area contributed by atoms with Gasteiger partial charge in [-0.05, 0) is 31.7 Å². The first kappa shape index (κ1) is 15.0. The Balaban J connectivity index is 1.91. The van der Waals surface area contributed by atoms with Crippen LogP contribution in [0.4, 0.5) is 4.39 Å². The van der Waals surface area contributed by atoms with Crippen molar-refractivity contribution < 1.29 is 4.39 Å². The second kappa shape index (κ2) is 6.89. The maximum absolute atomic E-state index is 14.5. The van der Waals surface area contributed by atoms with Crippen molar-refractivity contribution in [2.45, 2.75) is 45.1 Å². The average Bonchev–Trinajstić information content (AvgIpc) is 2.53. The van der Waals surface area contributed by atoms with E-state index in [4.69, 9.17) is 0 Å². The van der Waals surface area contributed by atoms with Crippen molar-refractivity contribution in [2.75, 3.05) is 26.2 Å². The number of rotatable bonds is 3. The summed E-state index contributed by atoms with van der Waals surface area (Å²) in [5.74, 6) is 0.600. The molecule has 0 amide bonds. The normalized spacial score (nSPS) is 23.1. The topological polar surface area (TPSA) is 15.3 Å². The summed E-state index contributed by atoms with van der Waals surface area (Å²) < 4.78 is 14.5. The molecule has 2 aliphatic rings. The molecule has 1 saturated carbocycles. The van der Waals surface area contributed by atoms with Crippen molar-refractivity contribution in [3.63, 3.8) is 0 Å². The van der Waals surface area contributed by atoms with E-state index in [1.54, 1.807) is 6.07 Å². The zero-order chi connectivity index (χ0) is 14.7. The summed E-state index contributed by atoms with van der Waals surface area (Å²) in [6, 6.07) is 5.89. The van der Waals surface area contributed by atoms with E-state index in [1.807, 2.05) is 6.07 Å². The van der Waals surface area contributed by atoms with Crippen LogP contribution < -0.4 is 5.32 Å². The first-order valence-corrected chi connectivity index (χ1v) is 8.46. The predicted octanol–water partition coefficient (Wildman–Crippen LogP) is 3.66. The molecule has 3 heteroatoms. The van der Waals surface area contributed by atoms with Crippen LogP contribution in [0.25, 0.3) is 0 Å².